The second-order valence-electron chi connectivity index (χ2n) is 4.17. The molecule has 1 aromatic carbocycles. The van der Waals surface area contributed by atoms with Crippen LogP contribution in [0.4, 0.5) is 0 Å². The molecule has 0 heterocycles. The van der Waals surface area contributed by atoms with Crippen LogP contribution >= 0.6 is 27.7 Å². The molecule has 0 aliphatic rings. The van der Waals surface area contributed by atoms with E-state index in [4.69, 9.17) is 0 Å². The molecule has 0 radical (unpaired) electrons. The topological polar surface area (TPSA) is 57.5 Å². The minimum atomic E-state index is -0.937. The first-order chi connectivity index (χ1) is 8.41. The van der Waals surface area contributed by atoms with Crippen LogP contribution in [0.25, 0.3) is 0 Å². The highest BCUT2D eigenvalue weighted by molar-refractivity contribution is 9.10. The van der Waals surface area contributed by atoms with Crippen molar-refractivity contribution in [1.29, 1.82) is 0 Å². The molecule has 2 unspecified atom stereocenters. The van der Waals surface area contributed by atoms with Crippen LogP contribution < -0.4 is 0 Å². The number of halogens is 1. The number of benzene rings is 1. The van der Waals surface area contributed by atoms with Crippen LogP contribution in [0.1, 0.15) is 30.6 Å². The third-order valence-corrected chi connectivity index (χ3v) is 4.09. The summed E-state index contributed by atoms with van der Waals surface area (Å²) in [6, 6.07) is 5.58. The van der Waals surface area contributed by atoms with Crippen molar-refractivity contribution < 1.29 is 15.0 Å². The standard InChI is InChI=1S/C13H17BrO3S/c1-8-3-4-10(11(14)7-8)13(17)12(16)5-6-18-9(2)15/h3-4,7,12-13,16-17H,5-6H2,1-2H3. The second kappa shape index (κ2) is 7.28. The SMILES string of the molecule is CC(=O)SCCC(O)C(O)c1ccc(C)cc1Br. The number of hydrogen-bond acceptors (Lipinski definition) is 4. The fourth-order valence-electron chi connectivity index (χ4n) is 1.56. The maximum Gasteiger partial charge on any atom is 0.185 e. The van der Waals surface area contributed by atoms with Gasteiger partial charge in [-0.3, -0.25) is 4.79 Å². The molecular weight excluding hydrogens is 316 g/mol. The Balaban J connectivity index is 2.62. The Bertz CT molecular complexity index is 423. The van der Waals surface area contributed by atoms with Crippen molar-refractivity contribution in [3.8, 4) is 0 Å². The van der Waals surface area contributed by atoms with Gasteiger partial charge in [-0.1, -0.05) is 39.8 Å². The maximum atomic E-state index is 10.8. The highest BCUT2D eigenvalue weighted by Gasteiger charge is 2.20. The molecule has 2 N–H and O–H groups in total. The molecule has 3 nitrogen and oxygen atoms in total. The smallest absolute Gasteiger partial charge is 0.185 e. The molecule has 1 rings (SSSR count). The Morgan fingerprint density at radius 2 is 2.11 bits per heavy atom. The number of aryl methyl sites for hydroxylation is 1. The third kappa shape index (κ3) is 4.72. The summed E-state index contributed by atoms with van der Waals surface area (Å²) in [5, 5.41) is 20.0. The van der Waals surface area contributed by atoms with E-state index in [1.807, 2.05) is 19.1 Å². The maximum absolute atomic E-state index is 10.8. The summed E-state index contributed by atoms with van der Waals surface area (Å²) < 4.78 is 0.785. The number of carbonyl (C=O) groups is 1. The molecule has 0 aromatic heterocycles. The summed E-state index contributed by atoms with van der Waals surface area (Å²) in [6.45, 7) is 3.45. The lowest BCUT2D eigenvalue weighted by Crippen LogP contribution is -2.19. The molecule has 100 valence electrons. The van der Waals surface area contributed by atoms with E-state index in [1.54, 1.807) is 6.07 Å². The van der Waals surface area contributed by atoms with E-state index in [0.717, 1.165) is 21.8 Å². The monoisotopic (exact) mass is 332 g/mol. The van der Waals surface area contributed by atoms with Gasteiger partial charge in [0.05, 0.1) is 6.10 Å². The van der Waals surface area contributed by atoms with E-state index in [9.17, 15) is 15.0 Å². The Hall–Kier alpha value is -0.360. The number of aliphatic hydroxyl groups is 2. The average molecular weight is 333 g/mol. The number of thioether (sulfide) groups is 1. The predicted molar refractivity (Wildman–Crippen MR) is 77.6 cm³/mol. The fraction of sp³-hybridized carbons (Fsp3) is 0.462. The van der Waals surface area contributed by atoms with Crippen molar-refractivity contribution in [1.82, 2.24) is 0 Å². The first-order valence-electron chi connectivity index (χ1n) is 5.67. The lowest BCUT2D eigenvalue weighted by Gasteiger charge is -2.19. The minimum absolute atomic E-state index is 0.0215. The first kappa shape index (κ1) is 15.7. The summed E-state index contributed by atoms with van der Waals surface area (Å²) in [4.78, 5) is 10.8. The average Bonchev–Trinajstić information content (AvgIpc) is 2.27. The van der Waals surface area contributed by atoms with Crippen LogP contribution in [-0.4, -0.2) is 27.2 Å². The lowest BCUT2D eigenvalue weighted by atomic mass is 10.0. The van der Waals surface area contributed by atoms with E-state index in [1.165, 1.54) is 6.92 Å². The minimum Gasteiger partial charge on any atom is -0.390 e. The third-order valence-electron chi connectivity index (χ3n) is 2.56. The number of aliphatic hydroxyl groups excluding tert-OH is 2. The highest BCUT2D eigenvalue weighted by Crippen LogP contribution is 2.28. The zero-order valence-electron chi connectivity index (χ0n) is 10.4. The zero-order chi connectivity index (χ0) is 13.7. The van der Waals surface area contributed by atoms with Gasteiger partial charge in [-0.05, 0) is 30.5 Å². The summed E-state index contributed by atoms with van der Waals surface area (Å²) in [7, 11) is 0. The van der Waals surface area contributed by atoms with Crippen molar-refractivity contribution in [2.45, 2.75) is 32.5 Å². The molecule has 1 aromatic rings. The van der Waals surface area contributed by atoms with Crippen LogP contribution in [0.2, 0.25) is 0 Å². The summed E-state index contributed by atoms with van der Waals surface area (Å²) in [6.07, 6.45) is -1.42. The Morgan fingerprint density at radius 3 is 2.67 bits per heavy atom. The number of carbonyl (C=O) groups excluding carboxylic acids is 1. The summed E-state index contributed by atoms with van der Waals surface area (Å²) >= 11 is 4.53. The Kier molecular flexibility index (Phi) is 6.35. The van der Waals surface area contributed by atoms with Gasteiger partial charge in [0.2, 0.25) is 0 Å². The van der Waals surface area contributed by atoms with Gasteiger partial charge in [-0.25, -0.2) is 0 Å². The molecule has 0 aliphatic heterocycles. The number of hydrogen-bond donors (Lipinski definition) is 2. The van der Waals surface area contributed by atoms with Gasteiger partial charge in [-0.15, -0.1) is 0 Å². The van der Waals surface area contributed by atoms with E-state index >= 15 is 0 Å². The second-order valence-corrected chi connectivity index (χ2v) is 6.29. The quantitative estimate of drug-likeness (QED) is 0.870. The molecule has 2 atom stereocenters. The van der Waals surface area contributed by atoms with Crippen molar-refractivity contribution in [3.63, 3.8) is 0 Å². The van der Waals surface area contributed by atoms with Crippen molar-refractivity contribution in [2.24, 2.45) is 0 Å². The summed E-state index contributed by atoms with van der Waals surface area (Å²) in [5.74, 6) is 0.511. The van der Waals surface area contributed by atoms with Crippen LogP contribution in [0, 0.1) is 6.92 Å². The molecular formula is C13H17BrO3S. The molecule has 0 amide bonds. The fourth-order valence-corrected chi connectivity index (χ4v) is 2.94. The van der Waals surface area contributed by atoms with Gasteiger partial charge < -0.3 is 10.2 Å². The van der Waals surface area contributed by atoms with Gasteiger partial charge >= 0.3 is 0 Å². The molecule has 0 aliphatic carbocycles. The molecule has 0 saturated heterocycles. The zero-order valence-corrected chi connectivity index (χ0v) is 12.8. The van der Waals surface area contributed by atoms with Crippen LogP contribution in [-0.2, 0) is 4.79 Å². The van der Waals surface area contributed by atoms with Gasteiger partial charge in [0.15, 0.2) is 5.12 Å². The Morgan fingerprint density at radius 1 is 1.44 bits per heavy atom. The number of rotatable bonds is 5. The van der Waals surface area contributed by atoms with Crippen molar-refractivity contribution in [2.75, 3.05) is 5.75 Å². The van der Waals surface area contributed by atoms with Crippen LogP contribution in [0.15, 0.2) is 22.7 Å². The van der Waals surface area contributed by atoms with Gasteiger partial charge in [0, 0.05) is 17.1 Å². The van der Waals surface area contributed by atoms with Crippen LogP contribution in [0.3, 0.4) is 0 Å². The van der Waals surface area contributed by atoms with E-state index < -0.39 is 12.2 Å². The predicted octanol–water partition coefficient (Wildman–Crippen LogP) is 2.82. The molecule has 0 saturated carbocycles. The molecule has 0 spiro atoms. The van der Waals surface area contributed by atoms with E-state index in [2.05, 4.69) is 15.9 Å². The lowest BCUT2D eigenvalue weighted by molar-refractivity contribution is -0.109. The first-order valence-corrected chi connectivity index (χ1v) is 7.45. The molecule has 5 heteroatoms. The van der Waals surface area contributed by atoms with E-state index in [-0.39, 0.29) is 5.12 Å². The van der Waals surface area contributed by atoms with E-state index in [0.29, 0.717) is 17.7 Å². The van der Waals surface area contributed by atoms with Crippen LogP contribution in [0.5, 0.6) is 0 Å². The largest absolute Gasteiger partial charge is 0.390 e. The molecule has 0 bridgehead atoms. The van der Waals surface area contributed by atoms with Gasteiger partial charge in [-0.2, -0.15) is 0 Å². The Labute approximate surface area is 120 Å². The van der Waals surface area contributed by atoms with Gasteiger partial charge in [0.1, 0.15) is 6.10 Å². The van der Waals surface area contributed by atoms with Gasteiger partial charge in [0.25, 0.3) is 0 Å². The normalized spacial score (nSPS) is 14.3. The van der Waals surface area contributed by atoms with Crippen molar-refractivity contribution >= 4 is 32.8 Å². The highest BCUT2D eigenvalue weighted by atomic mass is 79.9. The van der Waals surface area contributed by atoms with Crippen molar-refractivity contribution in [3.05, 3.63) is 33.8 Å². The molecule has 18 heavy (non-hydrogen) atoms. The summed E-state index contributed by atoms with van der Waals surface area (Å²) in [5.41, 5.74) is 1.75. The molecule has 0 fully saturated rings.